The predicted molar refractivity (Wildman–Crippen MR) is 89.4 cm³/mol. The van der Waals surface area contributed by atoms with Gasteiger partial charge in [-0.05, 0) is 38.3 Å². The van der Waals surface area contributed by atoms with Crippen LogP contribution in [0.5, 0.6) is 0 Å². The molecule has 2 rings (SSSR count). The van der Waals surface area contributed by atoms with Gasteiger partial charge < -0.3 is 4.90 Å². The van der Waals surface area contributed by atoms with Crippen molar-refractivity contribution < 1.29 is 18.1 Å². The first kappa shape index (κ1) is 18.3. The van der Waals surface area contributed by atoms with Crippen LogP contribution in [-0.2, 0) is 10.0 Å². The van der Waals surface area contributed by atoms with Gasteiger partial charge in [0, 0.05) is 36.3 Å². The third-order valence-electron chi connectivity index (χ3n) is 4.11. The lowest BCUT2D eigenvalue weighted by Crippen LogP contribution is -2.49. The molecule has 1 aliphatic heterocycles. The number of nitro groups is 1. The second kappa shape index (κ2) is 7.27. The molecule has 9 heteroatoms. The van der Waals surface area contributed by atoms with E-state index in [0.717, 1.165) is 25.5 Å². The van der Waals surface area contributed by atoms with Crippen molar-refractivity contribution in [1.29, 1.82) is 0 Å². The molecule has 1 atom stereocenters. The lowest BCUT2D eigenvalue weighted by atomic mass is 10.00. The Hall–Kier alpha value is -2.00. The Balaban J connectivity index is 2.19. The number of hydrogen-bond donors (Lipinski definition) is 1. The van der Waals surface area contributed by atoms with E-state index >= 15 is 0 Å². The summed E-state index contributed by atoms with van der Waals surface area (Å²) >= 11 is 0. The van der Waals surface area contributed by atoms with Gasteiger partial charge >= 0.3 is 0 Å². The molecule has 1 heterocycles. The first-order valence-corrected chi connectivity index (χ1v) is 9.59. The zero-order valence-corrected chi connectivity index (χ0v) is 14.5. The van der Waals surface area contributed by atoms with Gasteiger partial charge in [0.05, 0.1) is 11.2 Å². The number of amides is 1. The lowest BCUT2D eigenvalue weighted by molar-refractivity contribution is -0.385. The number of nitrogens with one attached hydrogen (secondary N) is 1. The first-order valence-electron chi connectivity index (χ1n) is 7.69. The molecule has 1 amide bonds. The third-order valence-corrected chi connectivity index (χ3v) is 4.80. The zero-order chi connectivity index (χ0) is 17.9. The quantitative estimate of drug-likeness (QED) is 0.635. The number of carbonyl (C=O) groups is 1. The fourth-order valence-corrected chi connectivity index (χ4v) is 3.38. The molecule has 0 spiro atoms. The second-order valence-electron chi connectivity index (χ2n) is 6.03. The van der Waals surface area contributed by atoms with Gasteiger partial charge in [-0.3, -0.25) is 14.9 Å². The molecular weight excluding hydrogens is 334 g/mol. The van der Waals surface area contributed by atoms with Crippen molar-refractivity contribution in [2.45, 2.75) is 32.2 Å². The number of carbonyl (C=O) groups excluding carboxylic acids is 1. The maximum absolute atomic E-state index is 12.7. The molecule has 1 aromatic rings. The molecule has 0 saturated carbocycles. The summed E-state index contributed by atoms with van der Waals surface area (Å²) in [5, 5.41) is 10.9. The molecule has 1 saturated heterocycles. The SMILES string of the molecule is Cc1cc(C(=O)N2CCCCC2CNS(C)(=O)=O)ccc1[N+](=O)[O-]. The summed E-state index contributed by atoms with van der Waals surface area (Å²) in [6.45, 7) is 2.31. The van der Waals surface area contributed by atoms with Crippen molar-refractivity contribution in [2.75, 3.05) is 19.3 Å². The molecule has 0 bridgehead atoms. The van der Waals surface area contributed by atoms with Crippen LogP contribution < -0.4 is 4.72 Å². The third kappa shape index (κ3) is 4.51. The summed E-state index contributed by atoms with van der Waals surface area (Å²) in [5.74, 6) is -0.229. The number of benzene rings is 1. The molecular formula is C15H21N3O5S. The zero-order valence-electron chi connectivity index (χ0n) is 13.7. The summed E-state index contributed by atoms with van der Waals surface area (Å²) in [7, 11) is -3.32. The Labute approximate surface area is 141 Å². The van der Waals surface area contributed by atoms with Crippen molar-refractivity contribution in [3.05, 3.63) is 39.4 Å². The Morgan fingerprint density at radius 2 is 2.12 bits per heavy atom. The van der Waals surface area contributed by atoms with E-state index in [1.54, 1.807) is 11.8 Å². The summed E-state index contributed by atoms with van der Waals surface area (Å²) < 4.78 is 25.0. The Morgan fingerprint density at radius 3 is 2.71 bits per heavy atom. The molecule has 132 valence electrons. The van der Waals surface area contributed by atoms with E-state index in [4.69, 9.17) is 0 Å². The second-order valence-corrected chi connectivity index (χ2v) is 7.86. The number of piperidine rings is 1. The van der Waals surface area contributed by atoms with Crippen molar-refractivity contribution in [3.8, 4) is 0 Å². The number of aryl methyl sites for hydroxylation is 1. The molecule has 24 heavy (non-hydrogen) atoms. The molecule has 1 aliphatic rings. The van der Waals surface area contributed by atoms with Crippen LogP contribution in [0.4, 0.5) is 5.69 Å². The number of rotatable bonds is 5. The van der Waals surface area contributed by atoms with Gasteiger partial charge in [-0.2, -0.15) is 0 Å². The van der Waals surface area contributed by atoms with Gasteiger partial charge in [0.25, 0.3) is 11.6 Å². The normalized spacial score (nSPS) is 18.4. The van der Waals surface area contributed by atoms with Crippen LogP contribution in [-0.4, -0.2) is 49.5 Å². The fourth-order valence-electron chi connectivity index (χ4n) is 2.89. The molecule has 8 nitrogen and oxygen atoms in total. The van der Waals surface area contributed by atoms with Crippen LogP contribution in [0.15, 0.2) is 18.2 Å². The van der Waals surface area contributed by atoms with Crippen LogP contribution >= 0.6 is 0 Å². The average Bonchev–Trinajstić information content (AvgIpc) is 2.51. The van der Waals surface area contributed by atoms with Crippen molar-refractivity contribution in [2.24, 2.45) is 0 Å². The lowest BCUT2D eigenvalue weighted by Gasteiger charge is -2.36. The Morgan fingerprint density at radius 1 is 1.42 bits per heavy atom. The van der Waals surface area contributed by atoms with E-state index < -0.39 is 14.9 Å². The van der Waals surface area contributed by atoms with E-state index in [2.05, 4.69) is 4.72 Å². The number of sulfonamides is 1. The molecule has 0 aliphatic carbocycles. The van der Waals surface area contributed by atoms with Crippen LogP contribution in [0.1, 0.15) is 35.2 Å². The highest BCUT2D eigenvalue weighted by molar-refractivity contribution is 7.88. The minimum Gasteiger partial charge on any atom is -0.334 e. The fraction of sp³-hybridized carbons (Fsp3) is 0.533. The average molecular weight is 355 g/mol. The molecule has 0 radical (unpaired) electrons. The molecule has 1 unspecified atom stereocenters. The van der Waals surface area contributed by atoms with Crippen molar-refractivity contribution in [1.82, 2.24) is 9.62 Å². The highest BCUT2D eigenvalue weighted by Crippen LogP contribution is 2.23. The maximum Gasteiger partial charge on any atom is 0.272 e. The molecule has 0 aromatic heterocycles. The summed E-state index contributed by atoms with van der Waals surface area (Å²) in [6.07, 6.45) is 3.59. The largest absolute Gasteiger partial charge is 0.334 e. The van der Waals surface area contributed by atoms with Gasteiger partial charge in [-0.25, -0.2) is 13.1 Å². The van der Waals surface area contributed by atoms with Gasteiger partial charge in [0.1, 0.15) is 0 Å². The molecule has 1 N–H and O–H groups in total. The van der Waals surface area contributed by atoms with E-state index in [1.165, 1.54) is 18.2 Å². The standard InChI is InChI=1S/C15H21N3O5S/c1-11-9-12(6-7-14(11)18(20)21)15(19)17-8-4-3-5-13(17)10-16-24(2,22)23/h6-7,9,13,16H,3-5,8,10H2,1-2H3. The van der Waals surface area contributed by atoms with E-state index in [1.807, 2.05) is 0 Å². The summed E-state index contributed by atoms with van der Waals surface area (Å²) in [6, 6.07) is 4.08. The topological polar surface area (TPSA) is 110 Å². The first-order chi connectivity index (χ1) is 11.2. The van der Waals surface area contributed by atoms with E-state index in [-0.39, 0.29) is 24.2 Å². The van der Waals surface area contributed by atoms with Crippen LogP contribution in [0, 0.1) is 17.0 Å². The maximum atomic E-state index is 12.7. The molecule has 1 fully saturated rings. The minimum atomic E-state index is -3.32. The van der Waals surface area contributed by atoms with E-state index in [9.17, 15) is 23.3 Å². The monoisotopic (exact) mass is 355 g/mol. The number of nitrogens with zero attached hydrogens (tertiary/aromatic N) is 2. The Bertz CT molecular complexity index is 747. The van der Waals surface area contributed by atoms with Crippen LogP contribution in [0.25, 0.3) is 0 Å². The van der Waals surface area contributed by atoms with Gasteiger partial charge in [0.2, 0.25) is 10.0 Å². The predicted octanol–water partition coefficient (Wildman–Crippen LogP) is 1.45. The van der Waals surface area contributed by atoms with Crippen molar-refractivity contribution >= 4 is 21.6 Å². The van der Waals surface area contributed by atoms with E-state index in [0.29, 0.717) is 17.7 Å². The highest BCUT2D eigenvalue weighted by atomic mass is 32.2. The molecule has 1 aromatic carbocycles. The highest BCUT2D eigenvalue weighted by Gasteiger charge is 2.28. The van der Waals surface area contributed by atoms with Gasteiger partial charge in [-0.15, -0.1) is 0 Å². The smallest absolute Gasteiger partial charge is 0.272 e. The number of nitro benzene ring substituents is 1. The number of likely N-dealkylation sites (tertiary alicyclic amines) is 1. The van der Waals surface area contributed by atoms with Crippen molar-refractivity contribution in [3.63, 3.8) is 0 Å². The Kier molecular flexibility index (Phi) is 5.55. The summed E-state index contributed by atoms with van der Waals surface area (Å²) in [4.78, 5) is 24.8. The number of hydrogen-bond acceptors (Lipinski definition) is 5. The van der Waals surface area contributed by atoms with Gasteiger partial charge in [0.15, 0.2) is 0 Å². The van der Waals surface area contributed by atoms with Crippen LogP contribution in [0.3, 0.4) is 0 Å². The van der Waals surface area contributed by atoms with Gasteiger partial charge in [-0.1, -0.05) is 0 Å². The van der Waals surface area contributed by atoms with Crippen LogP contribution in [0.2, 0.25) is 0 Å². The summed E-state index contributed by atoms with van der Waals surface area (Å²) in [5.41, 5.74) is 0.776. The minimum absolute atomic E-state index is 0.0273.